The van der Waals surface area contributed by atoms with Crippen molar-refractivity contribution in [2.45, 2.75) is 0 Å². The molecule has 0 unspecified atom stereocenters. The van der Waals surface area contributed by atoms with Crippen LogP contribution in [0.3, 0.4) is 0 Å². The van der Waals surface area contributed by atoms with Crippen molar-refractivity contribution >= 4 is 54.6 Å². The molecule has 224 valence electrons. The van der Waals surface area contributed by atoms with Crippen LogP contribution in [0.25, 0.3) is 94.1 Å². The quantitative estimate of drug-likeness (QED) is 0.198. The molecular weight excluding hydrogens is 587 g/mol. The zero-order chi connectivity index (χ0) is 31.6. The van der Waals surface area contributed by atoms with Crippen molar-refractivity contribution in [1.29, 1.82) is 0 Å². The molecule has 0 atom stereocenters. The summed E-state index contributed by atoms with van der Waals surface area (Å²) in [6.45, 7) is 0. The molecule has 0 saturated heterocycles. The summed E-state index contributed by atoms with van der Waals surface area (Å²) in [6.07, 6.45) is 0. The Hall–Kier alpha value is -6.52. The monoisotopic (exact) mass is 613 g/mol. The molecule has 0 saturated carbocycles. The van der Waals surface area contributed by atoms with Crippen LogP contribution in [0.1, 0.15) is 0 Å². The van der Waals surface area contributed by atoms with E-state index in [2.05, 4.69) is 150 Å². The Morgan fingerprint density at radius 2 is 1.06 bits per heavy atom. The molecular formula is C44H27N3O. The van der Waals surface area contributed by atoms with Gasteiger partial charge in [0.05, 0.1) is 27.6 Å². The van der Waals surface area contributed by atoms with Gasteiger partial charge < -0.3 is 4.42 Å². The second-order valence-corrected chi connectivity index (χ2v) is 12.2. The Morgan fingerprint density at radius 3 is 1.92 bits per heavy atom. The standard InChI is InChI=1S/C44H27N3O/c1-3-13-28(14-4-1)30-17-11-18-31(27-30)32-21-12-22-33-34-25-26-39-40(43(34)48-42(32)33)36-20-8-10-24-38(36)47(39)44-45-37-23-9-7-19-35(37)41(46-44)29-15-5-2-6-16-29/h1-27H. The smallest absolute Gasteiger partial charge is 0.235 e. The van der Waals surface area contributed by atoms with Crippen molar-refractivity contribution in [3.63, 3.8) is 0 Å². The fourth-order valence-electron chi connectivity index (χ4n) is 7.23. The van der Waals surface area contributed by atoms with Gasteiger partial charge in [-0.05, 0) is 47.0 Å². The van der Waals surface area contributed by atoms with Crippen LogP contribution in [-0.2, 0) is 0 Å². The molecule has 10 aromatic rings. The van der Waals surface area contributed by atoms with Crippen molar-refractivity contribution in [2.24, 2.45) is 0 Å². The molecule has 7 aromatic carbocycles. The fourth-order valence-corrected chi connectivity index (χ4v) is 7.23. The molecule has 0 amide bonds. The molecule has 0 radical (unpaired) electrons. The third-order valence-corrected chi connectivity index (χ3v) is 9.42. The van der Waals surface area contributed by atoms with Gasteiger partial charge in [-0.2, -0.15) is 0 Å². The zero-order valence-electron chi connectivity index (χ0n) is 25.8. The Labute approximate surface area is 276 Å². The van der Waals surface area contributed by atoms with Crippen LogP contribution in [0.15, 0.2) is 168 Å². The summed E-state index contributed by atoms with van der Waals surface area (Å²) in [5.41, 5.74) is 11.2. The second-order valence-electron chi connectivity index (χ2n) is 12.2. The summed E-state index contributed by atoms with van der Waals surface area (Å²) in [5, 5.41) is 5.37. The third-order valence-electron chi connectivity index (χ3n) is 9.42. The predicted molar refractivity (Wildman–Crippen MR) is 197 cm³/mol. The molecule has 0 fully saturated rings. The van der Waals surface area contributed by atoms with E-state index in [-0.39, 0.29) is 0 Å². The van der Waals surface area contributed by atoms with E-state index >= 15 is 0 Å². The van der Waals surface area contributed by atoms with Crippen LogP contribution in [0.2, 0.25) is 0 Å². The van der Waals surface area contributed by atoms with Crippen LogP contribution in [0.5, 0.6) is 0 Å². The van der Waals surface area contributed by atoms with E-state index in [1.165, 1.54) is 11.1 Å². The van der Waals surface area contributed by atoms with Crippen LogP contribution < -0.4 is 0 Å². The van der Waals surface area contributed by atoms with Gasteiger partial charge in [0.15, 0.2) is 0 Å². The van der Waals surface area contributed by atoms with Crippen molar-refractivity contribution in [3.05, 3.63) is 164 Å². The second kappa shape index (κ2) is 10.5. The normalized spacial score (nSPS) is 11.8. The van der Waals surface area contributed by atoms with E-state index in [1.807, 2.05) is 18.2 Å². The zero-order valence-corrected chi connectivity index (χ0v) is 25.8. The number of hydrogen-bond donors (Lipinski definition) is 0. The summed E-state index contributed by atoms with van der Waals surface area (Å²) < 4.78 is 9.14. The number of fused-ring (bicyclic) bond motifs is 8. The lowest BCUT2D eigenvalue weighted by Gasteiger charge is -2.11. The van der Waals surface area contributed by atoms with Gasteiger partial charge in [0.2, 0.25) is 5.95 Å². The van der Waals surface area contributed by atoms with Crippen molar-refractivity contribution in [3.8, 4) is 39.5 Å². The minimum atomic E-state index is 0.632. The highest BCUT2D eigenvalue weighted by molar-refractivity contribution is 6.24. The summed E-state index contributed by atoms with van der Waals surface area (Å²) >= 11 is 0. The summed E-state index contributed by atoms with van der Waals surface area (Å²) in [5.74, 6) is 0.632. The van der Waals surface area contributed by atoms with E-state index in [0.29, 0.717) is 5.95 Å². The van der Waals surface area contributed by atoms with Crippen molar-refractivity contribution in [2.75, 3.05) is 0 Å². The molecule has 10 rings (SSSR count). The number of nitrogens with zero attached hydrogens (tertiary/aromatic N) is 3. The van der Waals surface area contributed by atoms with E-state index in [1.54, 1.807) is 0 Å². The lowest BCUT2D eigenvalue weighted by molar-refractivity contribution is 0.674. The minimum Gasteiger partial charge on any atom is -0.455 e. The molecule has 0 aliphatic heterocycles. The van der Waals surface area contributed by atoms with Crippen molar-refractivity contribution in [1.82, 2.24) is 14.5 Å². The molecule has 3 heterocycles. The Balaban J connectivity index is 1.24. The highest BCUT2D eigenvalue weighted by Gasteiger charge is 2.22. The van der Waals surface area contributed by atoms with E-state index in [9.17, 15) is 0 Å². The molecule has 4 heteroatoms. The maximum Gasteiger partial charge on any atom is 0.235 e. The van der Waals surface area contributed by atoms with Crippen LogP contribution in [0, 0.1) is 0 Å². The Morgan fingerprint density at radius 1 is 0.417 bits per heavy atom. The average Bonchev–Trinajstić information content (AvgIpc) is 3.71. The first-order valence-corrected chi connectivity index (χ1v) is 16.2. The fraction of sp³-hybridized carbons (Fsp3) is 0. The lowest BCUT2D eigenvalue weighted by Crippen LogP contribution is -2.03. The highest BCUT2D eigenvalue weighted by Crippen LogP contribution is 2.43. The summed E-state index contributed by atoms with van der Waals surface area (Å²) in [7, 11) is 0. The van der Waals surface area contributed by atoms with Gasteiger partial charge in [-0.15, -0.1) is 0 Å². The van der Waals surface area contributed by atoms with Gasteiger partial charge >= 0.3 is 0 Å². The summed E-state index contributed by atoms with van der Waals surface area (Å²) in [4.78, 5) is 10.4. The predicted octanol–water partition coefficient (Wildman–Crippen LogP) is 11.6. The Kier molecular flexibility index (Phi) is 5.84. The van der Waals surface area contributed by atoms with E-state index in [4.69, 9.17) is 14.4 Å². The highest BCUT2D eigenvalue weighted by atomic mass is 16.3. The van der Waals surface area contributed by atoms with Gasteiger partial charge in [0.25, 0.3) is 0 Å². The van der Waals surface area contributed by atoms with E-state index in [0.717, 1.165) is 77.0 Å². The van der Waals surface area contributed by atoms with Crippen molar-refractivity contribution < 1.29 is 4.42 Å². The van der Waals surface area contributed by atoms with Crippen LogP contribution in [-0.4, -0.2) is 14.5 Å². The average molecular weight is 614 g/mol. The molecule has 3 aromatic heterocycles. The molecule has 48 heavy (non-hydrogen) atoms. The molecule has 0 aliphatic rings. The third kappa shape index (κ3) is 4.03. The van der Waals surface area contributed by atoms with Gasteiger partial charge in [-0.25, -0.2) is 9.97 Å². The maximum atomic E-state index is 6.96. The number of hydrogen-bond acceptors (Lipinski definition) is 3. The summed E-state index contributed by atoms with van der Waals surface area (Å²) in [6, 6.07) is 57.1. The van der Waals surface area contributed by atoms with Crippen LogP contribution >= 0.6 is 0 Å². The molecule has 0 aliphatic carbocycles. The number of rotatable bonds is 4. The lowest BCUT2D eigenvalue weighted by atomic mass is 9.97. The van der Waals surface area contributed by atoms with E-state index < -0.39 is 0 Å². The van der Waals surface area contributed by atoms with Gasteiger partial charge in [-0.3, -0.25) is 4.57 Å². The minimum absolute atomic E-state index is 0.632. The Bertz CT molecular complexity index is 2830. The van der Waals surface area contributed by atoms with Crippen LogP contribution in [0.4, 0.5) is 0 Å². The van der Waals surface area contributed by atoms with Gasteiger partial charge in [0.1, 0.15) is 11.2 Å². The first kappa shape index (κ1) is 26.7. The molecule has 4 nitrogen and oxygen atoms in total. The topological polar surface area (TPSA) is 43.9 Å². The molecule has 0 spiro atoms. The number of aromatic nitrogens is 3. The maximum absolute atomic E-state index is 6.96. The number of furan rings is 1. The largest absolute Gasteiger partial charge is 0.455 e. The first-order valence-electron chi connectivity index (χ1n) is 16.2. The SMILES string of the molecule is c1ccc(-c2cccc(-c3cccc4c3oc3c4ccc4c3c3ccccc3n4-c3nc(-c4ccccc4)c4ccccc4n3)c2)cc1. The molecule has 0 N–H and O–H groups in total. The number of para-hydroxylation sites is 3. The van der Waals surface area contributed by atoms with Gasteiger partial charge in [0, 0.05) is 32.7 Å². The van der Waals surface area contributed by atoms with Gasteiger partial charge in [-0.1, -0.05) is 133 Å². The first-order chi connectivity index (χ1) is 23.8. The molecule has 0 bridgehead atoms. The number of benzene rings is 7.